The Bertz CT molecular complexity index is 476. The minimum atomic E-state index is -0.469. The van der Waals surface area contributed by atoms with Crippen molar-refractivity contribution in [2.45, 2.75) is 25.4 Å². The second-order valence-corrected chi connectivity index (χ2v) is 5.65. The third-order valence-electron chi connectivity index (χ3n) is 3.53. The lowest BCUT2D eigenvalue weighted by molar-refractivity contribution is -0.134. The number of hydrogen-bond acceptors (Lipinski definition) is 3. The lowest BCUT2D eigenvalue weighted by Gasteiger charge is -2.28. The van der Waals surface area contributed by atoms with Crippen LogP contribution in [0.1, 0.15) is 19.4 Å². The highest BCUT2D eigenvalue weighted by molar-refractivity contribution is 5.85. The summed E-state index contributed by atoms with van der Waals surface area (Å²) in [4.78, 5) is 12.0. The molecule has 0 aromatic heterocycles. The zero-order valence-electron chi connectivity index (χ0n) is 12.3. The molecular weight excluding hydrogens is 295 g/mol. The molecule has 0 spiro atoms. The molecule has 2 N–H and O–H groups in total. The van der Waals surface area contributed by atoms with Crippen LogP contribution in [0, 0.1) is 5.82 Å². The van der Waals surface area contributed by atoms with Gasteiger partial charge in [0.2, 0.25) is 5.91 Å². The summed E-state index contributed by atoms with van der Waals surface area (Å²) in [6.07, 6.45) is -0.458. The van der Waals surface area contributed by atoms with Crippen LogP contribution >= 0.6 is 12.4 Å². The van der Waals surface area contributed by atoms with Crippen LogP contribution in [0.15, 0.2) is 24.3 Å². The molecule has 6 heteroatoms. The third-order valence-corrected chi connectivity index (χ3v) is 3.53. The molecule has 21 heavy (non-hydrogen) atoms. The lowest BCUT2D eigenvalue weighted by Crippen LogP contribution is -2.50. The van der Waals surface area contributed by atoms with Gasteiger partial charge in [-0.25, -0.2) is 4.39 Å². The smallest absolute Gasteiger partial charge is 0.250 e. The van der Waals surface area contributed by atoms with Gasteiger partial charge in [-0.1, -0.05) is 32.0 Å². The summed E-state index contributed by atoms with van der Waals surface area (Å²) in [6.45, 7) is 6.01. The predicted octanol–water partition coefficient (Wildman–Crippen LogP) is 1.63. The topological polar surface area (TPSA) is 50.4 Å². The summed E-state index contributed by atoms with van der Waals surface area (Å²) in [5, 5.41) is 5.96. The van der Waals surface area contributed by atoms with Crippen molar-refractivity contribution in [3.05, 3.63) is 35.6 Å². The number of hydrogen-bond donors (Lipinski definition) is 2. The fourth-order valence-corrected chi connectivity index (χ4v) is 2.26. The van der Waals surface area contributed by atoms with Crippen LogP contribution in [-0.4, -0.2) is 38.3 Å². The SMILES string of the molecule is CC(C)(CNC(=O)C1CNCCO1)c1ccccc1F.Cl. The first-order chi connectivity index (χ1) is 9.50. The van der Waals surface area contributed by atoms with Crippen LogP contribution in [0.2, 0.25) is 0 Å². The van der Waals surface area contributed by atoms with E-state index in [1.54, 1.807) is 18.2 Å². The quantitative estimate of drug-likeness (QED) is 0.887. The molecule has 1 atom stereocenters. The van der Waals surface area contributed by atoms with Gasteiger partial charge in [-0.2, -0.15) is 0 Å². The molecule has 118 valence electrons. The highest BCUT2D eigenvalue weighted by atomic mass is 35.5. The van der Waals surface area contributed by atoms with Gasteiger partial charge in [0.25, 0.3) is 0 Å². The maximum atomic E-state index is 13.8. The van der Waals surface area contributed by atoms with Gasteiger partial charge >= 0.3 is 0 Å². The van der Waals surface area contributed by atoms with Crippen LogP contribution < -0.4 is 10.6 Å². The summed E-state index contributed by atoms with van der Waals surface area (Å²) < 4.78 is 19.2. The number of nitrogens with one attached hydrogen (secondary N) is 2. The number of halogens is 2. The Labute approximate surface area is 130 Å². The molecule has 1 aromatic carbocycles. The number of amides is 1. The first-order valence-electron chi connectivity index (χ1n) is 6.86. The number of rotatable bonds is 4. The minimum absolute atomic E-state index is 0. The van der Waals surface area contributed by atoms with Crippen molar-refractivity contribution in [2.24, 2.45) is 0 Å². The molecule has 0 aliphatic carbocycles. The summed E-state index contributed by atoms with van der Waals surface area (Å²) in [5.74, 6) is -0.399. The Morgan fingerprint density at radius 1 is 1.48 bits per heavy atom. The molecule has 0 saturated carbocycles. The molecule has 0 bridgehead atoms. The van der Waals surface area contributed by atoms with Crippen LogP contribution in [0.3, 0.4) is 0 Å². The largest absolute Gasteiger partial charge is 0.366 e. The number of benzene rings is 1. The van der Waals surface area contributed by atoms with E-state index in [4.69, 9.17) is 4.74 Å². The predicted molar refractivity (Wildman–Crippen MR) is 82.3 cm³/mol. The monoisotopic (exact) mass is 316 g/mol. The lowest BCUT2D eigenvalue weighted by atomic mass is 9.84. The first kappa shape index (κ1) is 17.9. The van der Waals surface area contributed by atoms with E-state index in [1.165, 1.54) is 6.07 Å². The number of morpholine rings is 1. The number of carbonyl (C=O) groups excluding carboxylic acids is 1. The van der Waals surface area contributed by atoms with E-state index in [-0.39, 0.29) is 24.1 Å². The molecule has 1 fully saturated rings. The zero-order chi connectivity index (χ0) is 14.6. The van der Waals surface area contributed by atoms with E-state index in [2.05, 4.69) is 10.6 Å². The normalized spacial score (nSPS) is 18.7. The van der Waals surface area contributed by atoms with Crippen molar-refractivity contribution < 1.29 is 13.9 Å². The Hall–Kier alpha value is -1.17. The second-order valence-electron chi connectivity index (χ2n) is 5.65. The van der Waals surface area contributed by atoms with Gasteiger partial charge in [0.05, 0.1) is 6.61 Å². The average Bonchev–Trinajstić information content (AvgIpc) is 2.46. The molecule has 4 nitrogen and oxygen atoms in total. The van der Waals surface area contributed by atoms with Crippen molar-refractivity contribution in [1.29, 1.82) is 0 Å². The molecule has 2 rings (SSSR count). The van der Waals surface area contributed by atoms with Crippen LogP contribution in [-0.2, 0) is 14.9 Å². The summed E-state index contributed by atoms with van der Waals surface area (Å²) in [5.41, 5.74) is 0.131. The van der Waals surface area contributed by atoms with E-state index >= 15 is 0 Å². The minimum Gasteiger partial charge on any atom is -0.366 e. The molecule has 1 amide bonds. The Morgan fingerprint density at radius 3 is 2.81 bits per heavy atom. The Morgan fingerprint density at radius 2 is 2.19 bits per heavy atom. The fourth-order valence-electron chi connectivity index (χ4n) is 2.26. The summed E-state index contributed by atoms with van der Waals surface area (Å²) in [6, 6.07) is 6.65. The maximum absolute atomic E-state index is 13.8. The molecule has 1 aromatic rings. The molecule has 1 aliphatic rings. The Balaban J connectivity index is 0.00000220. The van der Waals surface area contributed by atoms with Crippen LogP contribution in [0.4, 0.5) is 4.39 Å². The van der Waals surface area contributed by atoms with E-state index < -0.39 is 11.5 Å². The van der Waals surface area contributed by atoms with Gasteiger partial charge in [0.1, 0.15) is 11.9 Å². The maximum Gasteiger partial charge on any atom is 0.250 e. The Kier molecular flexibility index (Phi) is 6.58. The molecule has 0 radical (unpaired) electrons. The summed E-state index contributed by atoms with van der Waals surface area (Å²) in [7, 11) is 0. The number of carbonyl (C=O) groups is 1. The van der Waals surface area contributed by atoms with E-state index in [9.17, 15) is 9.18 Å². The molecule has 1 unspecified atom stereocenters. The molecule has 1 saturated heterocycles. The number of ether oxygens (including phenoxy) is 1. The van der Waals surface area contributed by atoms with Crippen molar-refractivity contribution in [2.75, 3.05) is 26.2 Å². The van der Waals surface area contributed by atoms with Gasteiger partial charge < -0.3 is 15.4 Å². The molecule has 1 heterocycles. The van der Waals surface area contributed by atoms with Crippen LogP contribution in [0.25, 0.3) is 0 Å². The van der Waals surface area contributed by atoms with Gasteiger partial charge in [-0.15, -0.1) is 12.4 Å². The molecule has 1 aliphatic heterocycles. The first-order valence-corrected chi connectivity index (χ1v) is 6.86. The van der Waals surface area contributed by atoms with Crippen molar-refractivity contribution in [3.8, 4) is 0 Å². The second kappa shape index (κ2) is 7.73. The van der Waals surface area contributed by atoms with E-state index in [1.807, 2.05) is 13.8 Å². The standard InChI is InChI=1S/C15H21FN2O2.ClH/c1-15(2,11-5-3-4-6-12(11)16)10-18-14(19)13-9-17-7-8-20-13;/h3-6,13,17H,7-10H2,1-2H3,(H,18,19);1H. The van der Waals surface area contributed by atoms with Crippen molar-refractivity contribution >= 4 is 18.3 Å². The third kappa shape index (κ3) is 4.66. The fraction of sp³-hybridized carbons (Fsp3) is 0.533. The van der Waals surface area contributed by atoms with Gasteiger partial charge in [-0.3, -0.25) is 4.79 Å². The summed E-state index contributed by atoms with van der Waals surface area (Å²) >= 11 is 0. The van der Waals surface area contributed by atoms with Crippen molar-refractivity contribution in [3.63, 3.8) is 0 Å². The van der Waals surface area contributed by atoms with Crippen molar-refractivity contribution in [1.82, 2.24) is 10.6 Å². The van der Waals surface area contributed by atoms with Gasteiger partial charge in [-0.05, 0) is 11.6 Å². The highest BCUT2D eigenvalue weighted by Crippen LogP contribution is 2.24. The zero-order valence-corrected chi connectivity index (χ0v) is 13.1. The van der Waals surface area contributed by atoms with Gasteiger partial charge in [0.15, 0.2) is 0 Å². The van der Waals surface area contributed by atoms with E-state index in [0.29, 0.717) is 25.3 Å². The average molecular weight is 317 g/mol. The van der Waals surface area contributed by atoms with Crippen LogP contribution in [0.5, 0.6) is 0 Å². The van der Waals surface area contributed by atoms with Gasteiger partial charge in [0, 0.05) is 25.0 Å². The van der Waals surface area contributed by atoms with E-state index in [0.717, 1.165) is 6.54 Å². The molecular formula is C15H22ClFN2O2. The highest BCUT2D eigenvalue weighted by Gasteiger charge is 2.27.